The van der Waals surface area contributed by atoms with Gasteiger partial charge in [0, 0.05) is 0 Å². The van der Waals surface area contributed by atoms with Crippen LogP contribution in [0.15, 0.2) is 6.20 Å². The van der Waals surface area contributed by atoms with E-state index in [4.69, 9.17) is 0 Å². The first-order valence-electron chi connectivity index (χ1n) is 5.38. The fourth-order valence-corrected chi connectivity index (χ4v) is 1.80. The predicted molar refractivity (Wildman–Crippen MR) is 56.9 cm³/mol. The number of aromatic nitrogens is 3. The summed E-state index contributed by atoms with van der Waals surface area (Å²) >= 11 is 0. The van der Waals surface area contributed by atoms with E-state index in [-0.39, 0.29) is 0 Å². The molecule has 0 amide bonds. The van der Waals surface area contributed by atoms with Crippen LogP contribution in [0.5, 0.6) is 0 Å². The van der Waals surface area contributed by atoms with Crippen molar-refractivity contribution in [3.63, 3.8) is 0 Å². The van der Waals surface area contributed by atoms with Crippen LogP contribution in [0.25, 0.3) is 0 Å². The molecule has 2 atom stereocenters. The van der Waals surface area contributed by atoms with Gasteiger partial charge in [0.25, 0.3) is 0 Å². The van der Waals surface area contributed by atoms with Crippen LogP contribution in [0, 0.1) is 5.92 Å². The molecule has 1 aromatic rings. The van der Waals surface area contributed by atoms with Crippen molar-refractivity contribution in [2.45, 2.75) is 39.7 Å². The molecule has 0 fully saturated rings. The summed E-state index contributed by atoms with van der Waals surface area (Å²) in [5.41, 5.74) is 1.02. The van der Waals surface area contributed by atoms with Crippen molar-refractivity contribution in [2.24, 2.45) is 5.92 Å². The lowest BCUT2D eigenvalue weighted by Crippen LogP contribution is -2.27. The maximum absolute atomic E-state index is 4.14. The lowest BCUT2D eigenvalue weighted by molar-refractivity contribution is 0.362. The molecule has 0 radical (unpaired) electrons. The van der Waals surface area contributed by atoms with Gasteiger partial charge in [0.05, 0.1) is 17.9 Å². The summed E-state index contributed by atoms with van der Waals surface area (Å²) < 4.78 is 0. The zero-order valence-electron chi connectivity index (χ0n) is 9.25. The van der Waals surface area contributed by atoms with Crippen molar-refractivity contribution in [3.05, 3.63) is 11.9 Å². The SMILES string of the molecule is CCCC(C)C(NCC)c1cn[nH]n1. The number of hydrogen-bond acceptors (Lipinski definition) is 3. The highest BCUT2D eigenvalue weighted by molar-refractivity contribution is 5.01. The van der Waals surface area contributed by atoms with Gasteiger partial charge in [0.15, 0.2) is 0 Å². The van der Waals surface area contributed by atoms with E-state index in [2.05, 4.69) is 41.5 Å². The molecule has 0 aliphatic rings. The van der Waals surface area contributed by atoms with Crippen LogP contribution in [0.2, 0.25) is 0 Å². The molecule has 0 bridgehead atoms. The van der Waals surface area contributed by atoms with E-state index in [0.29, 0.717) is 12.0 Å². The highest BCUT2D eigenvalue weighted by atomic mass is 15.3. The number of nitrogens with zero attached hydrogens (tertiary/aromatic N) is 2. The van der Waals surface area contributed by atoms with E-state index < -0.39 is 0 Å². The molecular weight excluding hydrogens is 176 g/mol. The van der Waals surface area contributed by atoms with Crippen LogP contribution >= 0.6 is 0 Å². The first-order chi connectivity index (χ1) is 6.79. The van der Waals surface area contributed by atoms with Gasteiger partial charge in [-0.25, -0.2) is 0 Å². The van der Waals surface area contributed by atoms with Gasteiger partial charge in [-0.2, -0.15) is 15.4 Å². The third kappa shape index (κ3) is 2.80. The van der Waals surface area contributed by atoms with Crippen LogP contribution in [0.4, 0.5) is 0 Å². The van der Waals surface area contributed by atoms with Crippen molar-refractivity contribution in [1.82, 2.24) is 20.7 Å². The minimum absolute atomic E-state index is 0.332. The molecule has 4 heteroatoms. The number of nitrogens with one attached hydrogen (secondary N) is 2. The van der Waals surface area contributed by atoms with E-state index in [9.17, 15) is 0 Å². The van der Waals surface area contributed by atoms with Crippen LogP contribution in [-0.2, 0) is 0 Å². The zero-order valence-corrected chi connectivity index (χ0v) is 9.25. The molecule has 0 aliphatic carbocycles. The second-order valence-electron chi connectivity index (χ2n) is 3.70. The summed E-state index contributed by atoms with van der Waals surface area (Å²) in [6.45, 7) is 7.55. The second-order valence-corrected chi connectivity index (χ2v) is 3.70. The first-order valence-corrected chi connectivity index (χ1v) is 5.38. The zero-order chi connectivity index (χ0) is 10.4. The molecule has 1 aromatic heterocycles. The molecule has 0 aliphatic heterocycles. The summed E-state index contributed by atoms with van der Waals surface area (Å²) in [4.78, 5) is 0. The lowest BCUT2D eigenvalue weighted by atomic mass is 9.95. The minimum atomic E-state index is 0.332. The van der Waals surface area contributed by atoms with Crippen molar-refractivity contribution in [1.29, 1.82) is 0 Å². The summed E-state index contributed by atoms with van der Waals surface area (Å²) in [5, 5.41) is 14.1. The molecule has 14 heavy (non-hydrogen) atoms. The minimum Gasteiger partial charge on any atom is -0.309 e. The molecular formula is C10H20N4. The molecule has 0 saturated heterocycles. The van der Waals surface area contributed by atoms with Gasteiger partial charge in [-0.3, -0.25) is 0 Å². The highest BCUT2D eigenvalue weighted by Gasteiger charge is 2.19. The second kappa shape index (κ2) is 5.75. The summed E-state index contributed by atoms with van der Waals surface area (Å²) in [6.07, 6.45) is 4.23. The number of hydrogen-bond donors (Lipinski definition) is 2. The molecule has 2 unspecified atom stereocenters. The Hall–Kier alpha value is -0.900. The van der Waals surface area contributed by atoms with E-state index in [1.165, 1.54) is 12.8 Å². The fourth-order valence-electron chi connectivity index (χ4n) is 1.80. The van der Waals surface area contributed by atoms with Crippen LogP contribution in [0.1, 0.15) is 45.3 Å². The number of aromatic amines is 1. The quantitative estimate of drug-likeness (QED) is 0.730. The van der Waals surface area contributed by atoms with E-state index >= 15 is 0 Å². The molecule has 0 saturated carbocycles. The van der Waals surface area contributed by atoms with Crippen molar-refractivity contribution in [3.8, 4) is 0 Å². The van der Waals surface area contributed by atoms with E-state index in [1.54, 1.807) is 6.20 Å². The Kier molecular flexibility index (Phi) is 4.59. The fraction of sp³-hybridized carbons (Fsp3) is 0.800. The largest absolute Gasteiger partial charge is 0.309 e. The number of H-pyrrole nitrogens is 1. The molecule has 2 N–H and O–H groups in total. The molecule has 0 spiro atoms. The molecule has 1 heterocycles. The van der Waals surface area contributed by atoms with Gasteiger partial charge >= 0.3 is 0 Å². The van der Waals surface area contributed by atoms with Gasteiger partial charge in [0.1, 0.15) is 0 Å². The van der Waals surface area contributed by atoms with Crippen molar-refractivity contribution in [2.75, 3.05) is 6.54 Å². The highest BCUT2D eigenvalue weighted by Crippen LogP contribution is 2.22. The molecule has 1 rings (SSSR count). The Morgan fingerprint density at radius 1 is 1.50 bits per heavy atom. The first kappa shape index (κ1) is 11.2. The standard InChI is InChI=1S/C10H20N4/c1-4-6-8(3)10(11-5-2)9-7-12-14-13-9/h7-8,10-11H,4-6H2,1-3H3,(H,12,13,14). The number of rotatable bonds is 6. The van der Waals surface area contributed by atoms with Gasteiger partial charge in [-0.15, -0.1) is 0 Å². The summed E-state index contributed by atoms with van der Waals surface area (Å²) in [7, 11) is 0. The van der Waals surface area contributed by atoms with Crippen molar-refractivity contribution < 1.29 is 0 Å². The Balaban J connectivity index is 2.63. The Bertz CT molecular complexity index is 232. The third-order valence-electron chi connectivity index (χ3n) is 2.49. The molecule has 0 aromatic carbocycles. The van der Waals surface area contributed by atoms with Gasteiger partial charge in [0.2, 0.25) is 0 Å². The van der Waals surface area contributed by atoms with Gasteiger partial charge in [-0.05, 0) is 18.9 Å². The van der Waals surface area contributed by atoms with Crippen molar-refractivity contribution >= 4 is 0 Å². The van der Waals surface area contributed by atoms with Crippen LogP contribution < -0.4 is 5.32 Å². The Morgan fingerprint density at radius 3 is 2.79 bits per heavy atom. The molecule has 80 valence electrons. The van der Waals surface area contributed by atoms with Crippen LogP contribution in [-0.4, -0.2) is 22.0 Å². The lowest BCUT2D eigenvalue weighted by Gasteiger charge is -2.22. The normalized spacial score (nSPS) is 15.4. The van der Waals surface area contributed by atoms with E-state index in [1.807, 2.05) is 0 Å². The van der Waals surface area contributed by atoms with Gasteiger partial charge < -0.3 is 5.32 Å². The average molecular weight is 196 g/mol. The van der Waals surface area contributed by atoms with Gasteiger partial charge in [-0.1, -0.05) is 27.2 Å². The van der Waals surface area contributed by atoms with Crippen LogP contribution in [0.3, 0.4) is 0 Å². The molecule has 4 nitrogen and oxygen atoms in total. The Morgan fingerprint density at radius 2 is 2.29 bits per heavy atom. The maximum atomic E-state index is 4.14. The van der Waals surface area contributed by atoms with E-state index in [0.717, 1.165) is 12.2 Å². The maximum Gasteiger partial charge on any atom is 0.0996 e. The smallest absolute Gasteiger partial charge is 0.0996 e. The average Bonchev–Trinajstić information content (AvgIpc) is 2.67. The summed E-state index contributed by atoms with van der Waals surface area (Å²) in [5.74, 6) is 0.602. The predicted octanol–water partition coefficient (Wildman–Crippen LogP) is 1.89. The monoisotopic (exact) mass is 196 g/mol. The third-order valence-corrected chi connectivity index (χ3v) is 2.49. The summed E-state index contributed by atoms with van der Waals surface area (Å²) in [6, 6.07) is 0.332. The Labute approximate surface area is 85.5 Å². The topological polar surface area (TPSA) is 53.6 Å².